The number of ether oxygens (including phenoxy) is 1. The maximum Gasteiger partial charge on any atom is 0.255 e. The maximum absolute atomic E-state index is 11.8. The number of hydrogen-bond donors (Lipinski definition) is 1. The van der Waals surface area contributed by atoms with E-state index < -0.39 is 0 Å². The zero-order chi connectivity index (χ0) is 13.8. The van der Waals surface area contributed by atoms with Crippen LogP contribution in [0.2, 0.25) is 0 Å². The van der Waals surface area contributed by atoms with Gasteiger partial charge in [-0.15, -0.1) is 5.10 Å². The van der Waals surface area contributed by atoms with Crippen LogP contribution < -0.4 is 5.32 Å². The number of hydrogen-bond acceptors (Lipinski definition) is 5. The minimum Gasteiger partial charge on any atom is -0.368 e. The van der Waals surface area contributed by atoms with Gasteiger partial charge in [0.15, 0.2) is 0 Å². The lowest BCUT2D eigenvalue weighted by Gasteiger charge is -2.07. The summed E-state index contributed by atoms with van der Waals surface area (Å²) in [5.74, 6) is 0.121. The summed E-state index contributed by atoms with van der Waals surface area (Å²) in [7, 11) is 0. The molecule has 7 nitrogen and oxygen atoms in total. The second-order valence-electron chi connectivity index (χ2n) is 4.62. The van der Waals surface area contributed by atoms with Crippen molar-refractivity contribution in [3.63, 3.8) is 0 Å². The molecule has 7 heteroatoms. The first-order valence-corrected chi connectivity index (χ1v) is 6.52. The average Bonchev–Trinajstić information content (AvgIpc) is 3.11. The predicted molar refractivity (Wildman–Crippen MR) is 71.0 cm³/mol. The van der Waals surface area contributed by atoms with E-state index in [2.05, 4.69) is 20.4 Å². The Balaban J connectivity index is 1.60. The van der Waals surface area contributed by atoms with E-state index in [0.717, 1.165) is 18.4 Å². The Morgan fingerprint density at radius 1 is 1.55 bits per heavy atom. The number of amides is 1. The van der Waals surface area contributed by atoms with E-state index in [1.54, 1.807) is 23.4 Å². The van der Waals surface area contributed by atoms with Gasteiger partial charge in [-0.3, -0.25) is 15.1 Å². The normalized spacial score (nSPS) is 18.1. The number of carbonyl (C=O) groups is 1. The van der Waals surface area contributed by atoms with E-state index in [4.69, 9.17) is 4.74 Å². The summed E-state index contributed by atoms with van der Waals surface area (Å²) < 4.78 is 6.96. The Bertz CT molecular complexity index is 577. The molecule has 20 heavy (non-hydrogen) atoms. The Morgan fingerprint density at radius 2 is 2.50 bits per heavy atom. The maximum atomic E-state index is 11.8. The number of carbonyl (C=O) groups excluding carboxylic acids is 1. The lowest BCUT2D eigenvalue weighted by atomic mass is 10.2. The van der Waals surface area contributed by atoms with Crippen LogP contribution in [0, 0.1) is 0 Å². The van der Waals surface area contributed by atoms with Gasteiger partial charge in [0.25, 0.3) is 5.91 Å². The molecule has 1 N–H and O–H groups in total. The SMILES string of the molecule is O=C(Nc1ncn(Cc2cccnc2)n1)[C@@H]1CCCO1. The second-order valence-corrected chi connectivity index (χ2v) is 4.62. The Hall–Kier alpha value is -2.28. The van der Waals surface area contributed by atoms with Crippen molar-refractivity contribution in [3.8, 4) is 0 Å². The van der Waals surface area contributed by atoms with Crippen LogP contribution >= 0.6 is 0 Å². The Labute approximate surface area is 116 Å². The number of nitrogens with zero attached hydrogens (tertiary/aromatic N) is 4. The van der Waals surface area contributed by atoms with E-state index in [9.17, 15) is 4.79 Å². The van der Waals surface area contributed by atoms with Gasteiger partial charge in [0.1, 0.15) is 12.4 Å². The summed E-state index contributed by atoms with van der Waals surface area (Å²) in [6.07, 6.45) is 6.37. The summed E-state index contributed by atoms with van der Waals surface area (Å²) in [4.78, 5) is 20.0. The van der Waals surface area contributed by atoms with Crippen molar-refractivity contribution in [1.82, 2.24) is 19.7 Å². The topological polar surface area (TPSA) is 81.9 Å². The van der Waals surface area contributed by atoms with Crippen LogP contribution in [0.1, 0.15) is 18.4 Å². The van der Waals surface area contributed by atoms with Gasteiger partial charge >= 0.3 is 0 Å². The highest BCUT2D eigenvalue weighted by Crippen LogP contribution is 2.13. The molecule has 0 saturated carbocycles. The van der Waals surface area contributed by atoms with Gasteiger partial charge < -0.3 is 4.74 Å². The van der Waals surface area contributed by atoms with Crippen LogP contribution in [-0.4, -0.2) is 38.4 Å². The molecule has 0 aromatic carbocycles. The molecule has 0 bridgehead atoms. The molecule has 0 spiro atoms. The lowest BCUT2D eigenvalue weighted by Crippen LogP contribution is -2.27. The predicted octanol–water partition coefficient (Wildman–Crippen LogP) is 0.839. The summed E-state index contributed by atoms with van der Waals surface area (Å²) in [6.45, 7) is 1.21. The summed E-state index contributed by atoms with van der Waals surface area (Å²) >= 11 is 0. The van der Waals surface area contributed by atoms with Crippen LogP contribution in [0.4, 0.5) is 5.95 Å². The van der Waals surface area contributed by atoms with Crippen LogP contribution in [0.5, 0.6) is 0 Å². The van der Waals surface area contributed by atoms with E-state index in [0.29, 0.717) is 19.1 Å². The lowest BCUT2D eigenvalue weighted by molar-refractivity contribution is -0.124. The summed E-state index contributed by atoms with van der Waals surface area (Å²) in [5.41, 5.74) is 1.02. The number of rotatable bonds is 4. The molecule has 0 unspecified atom stereocenters. The van der Waals surface area contributed by atoms with E-state index in [-0.39, 0.29) is 12.0 Å². The van der Waals surface area contributed by atoms with Crippen LogP contribution in [0.3, 0.4) is 0 Å². The first-order valence-electron chi connectivity index (χ1n) is 6.52. The van der Waals surface area contributed by atoms with Gasteiger partial charge in [-0.05, 0) is 24.5 Å². The molecule has 1 fully saturated rings. The fourth-order valence-corrected chi connectivity index (χ4v) is 2.08. The largest absolute Gasteiger partial charge is 0.368 e. The minimum absolute atomic E-state index is 0.179. The molecule has 1 aliphatic heterocycles. The molecule has 3 heterocycles. The fraction of sp³-hybridized carbons (Fsp3) is 0.385. The van der Waals surface area contributed by atoms with Crippen LogP contribution in [0.15, 0.2) is 30.9 Å². The van der Waals surface area contributed by atoms with Crippen molar-refractivity contribution in [3.05, 3.63) is 36.4 Å². The molecule has 0 radical (unpaired) electrons. The van der Waals surface area contributed by atoms with Gasteiger partial charge in [0.2, 0.25) is 5.95 Å². The van der Waals surface area contributed by atoms with E-state index in [1.165, 1.54) is 0 Å². The standard InChI is InChI=1S/C13H15N5O2/c19-12(11-4-2-6-20-11)16-13-15-9-18(17-13)8-10-3-1-5-14-7-10/h1,3,5,7,9,11H,2,4,6,8H2,(H,16,17,19)/t11-/m0/s1. The van der Waals surface area contributed by atoms with Crippen LogP contribution in [-0.2, 0) is 16.1 Å². The number of aromatic nitrogens is 4. The van der Waals surface area contributed by atoms with Crippen molar-refractivity contribution < 1.29 is 9.53 Å². The van der Waals surface area contributed by atoms with Crippen molar-refractivity contribution in [1.29, 1.82) is 0 Å². The van der Waals surface area contributed by atoms with Crippen molar-refractivity contribution in [2.45, 2.75) is 25.5 Å². The smallest absolute Gasteiger partial charge is 0.255 e. The highest BCUT2D eigenvalue weighted by Gasteiger charge is 2.24. The molecule has 1 atom stereocenters. The molecular formula is C13H15N5O2. The molecular weight excluding hydrogens is 258 g/mol. The highest BCUT2D eigenvalue weighted by atomic mass is 16.5. The minimum atomic E-state index is -0.375. The van der Waals surface area contributed by atoms with Crippen LogP contribution in [0.25, 0.3) is 0 Å². The highest BCUT2D eigenvalue weighted by molar-refractivity contribution is 5.92. The monoisotopic (exact) mass is 273 g/mol. The zero-order valence-electron chi connectivity index (χ0n) is 10.9. The molecule has 0 aliphatic carbocycles. The van der Waals surface area contributed by atoms with Gasteiger partial charge in [-0.2, -0.15) is 0 Å². The van der Waals surface area contributed by atoms with E-state index in [1.807, 2.05) is 12.1 Å². The third kappa shape index (κ3) is 3.00. The number of pyridine rings is 1. The quantitative estimate of drug-likeness (QED) is 0.892. The first kappa shape index (κ1) is 12.7. The van der Waals surface area contributed by atoms with Gasteiger partial charge in [-0.1, -0.05) is 6.07 Å². The third-order valence-corrected chi connectivity index (χ3v) is 3.06. The molecule has 1 aliphatic rings. The Morgan fingerprint density at radius 3 is 3.25 bits per heavy atom. The van der Waals surface area contributed by atoms with Crippen molar-refractivity contribution >= 4 is 11.9 Å². The molecule has 2 aromatic heterocycles. The summed E-state index contributed by atoms with van der Waals surface area (Å²) in [5, 5.41) is 6.87. The average molecular weight is 273 g/mol. The van der Waals surface area contributed by atoms with Crippen molar-refractivity contribution in [2.75, 3.05) is 11.9 Å². The molecule has 2 aromatic rings. The van der Waals surface area contributed by atoms with Crippen molar-refractivity contribution in [2.24, 2.45) is 0 Å². The second kappa shape index (κ2) is 5.79. The van der Waals surface area contributed by atoms with Gasteiger partial charge in [-0.25, -0.2) is 9.67 Å². The summed E-state index contributed by atoms with van der Waals surface area (Å²) in [6, 6.07) is 3.83. The molecule has 1 saturated heterocycles. The fourth-order valence-electron chi connectivity index (χ4n) is 2.08. The van der Waals surface area contributed by atoms with Gasteiger partial charge in [0, 0.05) is 19.0 Å². The molecule has 3 rings (SSSR count). The zero-order valence-corrected chi connectivity index (χ0v) is 10.9. The van der Waals surface area contributed by atoms with Gasteiger partial charge in [0.05, 0.1) is 6.54 Å². The molecule has 1 amide bonds. The first-order chi connectivity index (χ1) is 9.81. The molecule has 104 valence electrons. The Kier molecular flexibility index (Phi) is 3.69. The number of nitrogens with one attached hydrogen (secondary N) is 1. The third-order valence-electron chi connectivity index (χ3n) is 3.06. The number of anilines is 1. The van der Waals surface area contributed by atoms with E-state index >= 15 is 0 Å².